The number of carbonyl (C=O) groups excluding carboxylic acids is 1. The van der Waals surface area contributed by atoms with Crippen LogP contribution in [0.15, 0.2) is 120 Å². The number of sulfonamides is 1. The van der Waals surface area contributed by atoms with Crippen LogP contribution in [0.4, 0.5) is 5.69 Å². The molecular formula is C37H32N2O8S. The highest BCUT2D eigenvalue weighted by atomic mass is 32.2. The van der Waals surface area contributed by atoms with E-state index < -0.39 is 40.2 Å². The van der Waals surface area contributed by atoms with E-state index in [1.54, 1.807) is 36.4 Å². The molecule has 0 aliphatic rings. The Hall–Kier alpha value is -5.78. The third-order valence-electron chi connectivity index (χ3n) is 7.87. The van der Waals surface area contributed by atoms with Crippen LogP contribution < -0.4 is 4.90 Å². The topological polar surface area (TPSA) is 153 Å². The van der Waals surface area contributed by atoms with Crippen LogP contribution in [0.3, 0.4) is 0 Å². The Morgan fingerprint density at radius 3 is 1.96 bits per heavy atom. The number of rotatable bonds is 11. The molecule has 0 aromatic heterocycles. The minimum atomic E-state index is -4.02. The number of aryl methyl sites for hydroxylation is 1. The van der Waals surface area contributed by atoms with Crippen molar-refractivity contribution in [3.05, 3.63) is 138 Å². The van der Waals surface area contributed by atoms with Gasteiger partial charge in [0.15, 0.2) is 0 Å². The van der Waals surface area contributed by atoms with E-state index in [9.17, 15) is 38.1 Å². The van der Waals surface area contributed by atoms with Gasteiger partial charge in [-0.25, -0.2) is 18.0 Å². The second kappa shape index (κ2) is 13.9. The van der Waals surface area contributed by atoms with Crippen LogP contribution in [-0.2, 0) is 21.4 Å². The number of hydrogen-bond acceptors (Lipinski definition) is 6. The molecule has 5 rings (SSSR count). The van der Waals surface area contributed by atoms with Gasteiger partial charge >= 0.3 is 11.9 Å². The van der Waals surface area contributed by atoms with E-state index in [1.165, 1.54) is 42.3 Å². The zero-order valence-corrected chi connectivity index (χ0v) is 26.9. The number of aromatic hydroxyl groups is 1. The van der Waals surface area contributed by atoms with Crippen molar-refractivity contribution in [2.75, 3.05) is 18.5 Å². The molecule has 0 spiro atoms. The van der Waals surface area contributed by atoms with Crippen LogP contribution >= 0.6 is 0 Å². The first-order chi connectivity index (χ1) is 22.8. The van der Waals surface area contributed by atoms with Gasteiger partial charge in [0.25, 0.3) is 0 Å². The first kappa shape index (κ1) is 33.6. The zero-order valence-electron chi connectivity index (χ0n) is 26.1. The van der Waals surface area contributed by atoms with E-state index in [2.05, 4.69) is 0 Å². The first-order valence-electron chi connectivity index (χ1n) is 14.8. The maximum atomic E-state index is 13.8. The highest BCUT2D eigenvalue weighted by Crippen LogP contribution is 2.34. The summed E-state index contributed by atoms with van der Waals surface area (Å²) < 4.78 is 27.4. The number of phenols is 1. The van der Waals surface area contributed by atoms with Crippen LogP contribution in [0.25, 0.3) is 22.3 Å². The van der Waals surface area contributed by atoms with E-state index >= 15 is 0 Å². The van der Waals surface area contributed by atoms with Gasteiger partial charge in [0.2, 0.25) is 15.9 Å². The Kier molecular flexibility index (Phi) is 9.74. The summed E-state index contributed by atoms with van der Waals surface area (Å²) in [4.78, 5) is 38.3. The number of carboxylic acids is 2. The highest BCUT2D eigenvalue weighted by Gasteiger charge is 2.27. The Labute approximate surface area is 277 Å². The predicted molar refractivity (Wildman–Crippen MR) is 182 cm³/mol. The number of aromatic carboxylic acids is 2. The molecule has 0 fully saturated rings. The van der Waals surface area contributed by atoms with Crippen molar-refractivity contribution in [1.29, 1.82) is 0 Å². The Bertz CT molecular complexity index is 2100. The van der Waals surface area contributed by atoms with Crippen molar-refractivity contribution >= 4 is 33.6 Å². The van der Waals surface area contributed by atoms with Crippen LogP contribution in [0, 0.1) is 6.92 Å². The van der Waals surface area contributed by atoms with Crippen LogP contribution in [0.5, 0.6) is 5.75 Å². The monoisotopic (exact) mass is 664 g/mol. The molecule has 0 saturated carbocycles. The fourth-order valence-corrected chi connectivity index (χ4v) is 6.32. The highest BCUT2D eigenvalue weighted by molar-refractivity contribution is 7.89. The number of benzene rings is 5. The quantitative estimate of drug-likeness (QED) is 0.149. The molecule has 0 unspecified atom stereocenters. The number of likely N-dealkylation sites (N-methyl/N-ethyl adjacent to an activating group) is 1. The molecule has 244 valence electrons. The summed E-state index contributed by atoms with van der Waals surface area (Å²) in [6.45, 7) is 1.26. The van der Waals surface area contributed by atoms with Crippen molar-refractivity contribution < 1.29 is 38.1 Å². The summed E-state index contributed by atoms with van der Waals surface area (Å²) in [5.41, 5.74) is 4.65. The molecule has 1 amide bonds. The normalized spacial score (nSPS) is 11.3. The molecule has 10 nitrogen and oxygen atoms in total. The van der Waals surface area contributed by atoms with E-state index in [1.807, 2.05) is 49.4 Å². The Morgan fingerprint density at radius 2 is 1.35 bits per heavy atom. The molecule has 0 aliphatic carbocycles. The molecule has 0 atom stereocenters. The summed E-state index contributed by atoms with van der Waals surface area (Å²) >= 11 is 0. The molecule has 11 heteroatoms. The minimum Gasteiger partial charge on any atom is -0.507 e. The van der Waals surface area contributed by atoms with Crippen molar-refractivity contribution in [2.45, 2.75) is 18.4 Å². The lowest BCUT2D eigenvalue weighted by atomic mass is 9.92. The molecular weight excluding hydrogens is 632 g/mol. The molecule has 0 radical (unpaired) electrons. The van der Waals surface area contributed by atoms with Gasteiger partial charge in [0.1, 0.15) is 11.3 Å². The second-order valence-corrected chi connectivity index (χ2v) is 13.2. The van der Waals surface area contributed by atoms with E-state index in [4.69, 9.17) is 0 Å². The average Bonchev–Trinajstić information content (AvgIpc) is 3.07. The maximum absolute atomic E-state index is 13.8. The second-order valence-electron chi connectivity index (χ2n) is 11.2. The summed E-state index contributed by atoms with van der Waals surface area (Å²) in [7, 11) is -2.72. The first-order valence-corrected chi connectivity index (χ1v) is 16.2. The lowest BCUT2D eigenvalue weighted by molar-refractivity contribution is -0.118. The van der Waals surface area contributed by atoms with Gasteiger partial charge in [-0.15, -0.1) is 0 Å². The molecule has 0 bridgehead atoms. The van der Waals surface area contributed by atoms with Crippen LogP contribution in [0.2, 0.25) is 0 Å². The fraction of sp³-hybridized carbons (Fsp3) is 0.108. The maximum Gasteiger partial charge on any atom is 0.339 e. The summed E-state index contributed by atoms with van der Waals surface area (Å²) in [5.74, 6) is -3.55. The smallest absolute Gasteiger partial charge is 0.339 e. The molecule has 0 heterocycles. The Morgan fingerprint density at radius 1 is 0.708 bits per heavy atom. The van der Waals surface area contributed by atoms with Gasteiger partial charge < -0.3 is 20.2 Å². The number of anilines is 1. The number of nitrogens with zero attached hydrogens (tertiary/aromatic N) is 2. The van der Waals surface area contributed by atoms with Crippen molar-refractivity contribution in [3.8, 4) is 28.0 Å². The third kappa shape index (κ3) is 7.27. The zero-order chi connectivity index (χ0) is 34.6. The van der Waals surface area contributed by atoms with Gasteiger partial charge in [-0.2, -0.15) is 4.31 Å². The summed E-state index contributed by atoms with van der Waals surface area (Å²) in [6.07, 6.45) is 0. The number of carboxylic acid groups (broad SMARTS) is 2. The lowest BCUT2D eigenvalue weighted by Crippen LogP contribution is -2.41. The molecule has 0 aliphatic heterocycles. The van der Waals surface area contributed by atoms with Gasteiger partial charge in [0.05, 0.1) is 23.5 Å². The van der Waals surface area contributed by atoms with Crippen molar-refractivity contribution in [1.82, 2.24) is 4.31 Å². The van der Waals surface area contributed by atoms with Gasteiger partial charge in [-0.1, -0.05) is 78.4 Å². The summed E-state index contributed by atoms with van der Waals surface area (Å²) in [5, 5.41) is 29.4. The summed E-state index contributed by atoms with van der Waals surface area (Å²) in [6, 6.07) is 31.5. The predicted octanol–water partition coefficient (Wildman–Crippen LogP) is 6.28. The van der Waals surface area contributed by atoms with E-state index in [0.29, 0.717) is 5.56 Å². The SMILES string of the molecule is Cc1ccc(S(=O)(=O)N(C)CC(=O)N(Cc2ccc(-c3ccc(C(=O)O)cc3-c3ccccc3)cc2)c2ccc(C(=O)O)c(O)c2)cc1. The molecule has 5 aromatic carbocycles. The lowest BCUT2D eigenvalue weighted by Gasteiger charge is -2.26. The van der Waals surface area contributed by atoms with Gasteiger partial charge in [-0.3, -0.25) is 4.79 Å². The molecule has 3 N–H and O–H groups in total. The average molecular weight is 665 g/mol. The van der Waals surface area contributed by atoms with Gasteiger partial charge in [0, 0.05) is 18.8 Å². The van der Waals surface area contributed by atoms with E-state index in [-0.39, 0.29) is 28.3 Å². The number of amides is 1. The molecule has 48 heavy (non-hydrogen) atoms. The van der Waals surface area contributed by atoms with Crippen molar-refractivity contribution in [3.63, 3.8) is 0 Å². The third-order valence-corrected chi connectivity index (χ3v) is 9.69. The Balaban J connectivity index is 1.47. The molecule has 0 saturated heterocycles. The van der Waals surface area contributed by atoms with Crippen LogP contribution in [-0.4, -0.2) is 59.5 Å². The number of carbonyl (C=O) groups is 3. The minimum absolute atomic E-state index is 0.0280. The van der Waals surface area contributed by atoms with Crippen LogP contribution in [0.1, 0.15) is 31.8 Å². The van der Waals surface area contributed by atoms with Gasteiger partial charge in [-0.05, 0) is 71.1 Å². The molecule has 5 aromatic rings. The standard InChI is InChI=1S/C37H32N2O8S/c1-24-8-16-30(17-9-24)48(46,47)38(2)23-35(41)39(29-15-19-32(37(44)45)34(40)21-29)22-25-10-12-27(13-11-25)31-18-14-28(36(42)43)20-33(31)26-6-4-3-5-7-26/h3-21,40H,22-23H2,1-2H3,(H,42,43)(H,44,45). The fourth-order valence-electron chi connectivity index (χ4n) is 5.20. The largest absolute Gasteiger partial charge is 0.507 e. The van der Waals surface area contributed by atoms with Crippen molar-refractivity contribution in [2.24, 2.45) is 0 Å². The van der Waals surface area contributed by atoms with E-state index in [0.717, 1.165) is 38.2 Å². The number of hydrogen-bond donors (Lipinski definition) is 3.